The first-order valence-corrected chi connectivity index (χ1v) is 9.84. The van der Waals surface area contributed by atoms with E-state index >= 15 is 0 Å². The smallest absolute Gasteiger partial charge is 0.305 e. The number of allylic oxidation sites excluding steroid dienone is 4. The number of hydrogen-bond acceptors (Lipinski definition) is 5. The van der Waals surface area contributed by atoms with Crippen LogP contribution in [0.5, 0.6) is 0 Å². The van der Waals surface area contributed by atoms with E-state index in [0.717, 1.165) is 5.57 Å². The second-order valence-corrected chi connectivity index (χ2v) is 7.58. The molecule has 2 N–H and O–H groups in total. The largest absolute Gasteiger partial charge is 0.469 e. The van der Waals surface area contributed by atoms with Crippen LogP contribution in [0, 0.1) is 11.8 Å². The summed E-state index contributed by atoms with van der Waals surface area (Å²) < 4.78 is 4.59. The third-order valence-corrected chi connectivity index (χ3v) is 5.38. The van der Waals surface area contributed by atoms with Gasteiger partial charge in [-0.2, -0.15) is 0 Å². The summed E-state index contributed by atoms with van der Waals surface area (Å²) in [6.07, 6.45) is 13.3. The number of Topliss-reactive ketones (excluding diaryl/α,β-unsaturated/α-hetero) is 1. The number of methoxy groups -OCH3 is 1. The number of rotatable bonds is 11. The molecule has 5 nitrogen and oxygen atoms in total. The Labute approximate surface area is 168 Å². The highest BCUT2D eigenvalue weighted by molar-refractivity contribution is 5.84. The van der Waals surface area contributed by atoms with Gasteiger partial charge in [0.25, 0.3) is 0 Å². The summed E-state index contributed by atoms with van der Waals surface area (Å²) in [7, 11) is 1.37. The van der Waals surface area contributed by atoms with Gasteiger partial charge in [-0.15, -0.1) is 0 Å². The van der Waals surface area contributed by atoms with Crippen molar-refractivity contribution >= 4 is 11.8 Å². The summed E-state index contributed by atoms with van der Waals surface area (Å²) in [6, 6.07) is 0. The maximum absolute atomic E-state index is 12.2. The maximum atomic E-state index is 12.2. The van der Waals surface area contributed by atoms with Crippen molar-refractivity contribution in [2.24, 2.45) is 11.8 Å². The van der Waals surface area contributed by atoms with Crippen molar-refractivity contribution in [3.8, 4) is 0 Å². The van der Waals surface area contributed by atoms with Crippen molar-refractivity contribution in [2.75, 3.05) is 7.11 Å². The fraction of sp³-hybridized carbons (Fsp3) is 0.565. The van der Waals surface area contributed by atoms with Crippen LogP contribution in [0.1, 0.15) is 52.4 Å². The molecule has 28 heavy (non-hydrogen) atoms. The van der Waals surface area contributed by atoms with Crippen LogP contribution in [0.15, 0.2) is 48.6 Å². The summed E-state index contributed by atoms with van der Waals surface area (Å²) in [4.78, 5) is 23.3. The monoisotopic (exact) mass is 390 g/mol. The van der Waals surface area contributed by atoms with Crippen molar-refractivity contribution in [2.45, 2.75) is 64.1 Å². The van der Waals surface area contributed by atoms with E-state index in [1.807, 2.05) is 31.2 Å². The minimum Gasteiger partial charge on any atom is -0.469 e. The van der Waals surface area contributed by atoms with E-state index in [9.17, 15) is 19.8 Å². The van der Waals surface area contributed by atoms with Gasteiger partial charge >= 0.3 is 5.97 Å². The zero-order chi connectivity index (χ0) is 21.2. The molecular formula is C23H34O5. The highest BCUT2D eigenvalue weighted by Gasteiger charge is 2.39. The molecule has 5 heteroatoms. The van der Waals surface area contributed by atoms with Gasteiger partial charge in [0.15, 0.2) is 0 Å². The molecule has 0 bridgehead atoms. The van der Waals surface area contributed by atoms with Gasteiger partial charge < -0.3 is 14.9 Å². The van der Waals surface area contributed by atoms with E-state index < -0.39 is 11.7 Å². The van der Waals surface area contributed by atoms with Crippen LogP contribution in [0.3, 0.4) is 0 Å². The number of hydrogen-bond donors (Lipinski definition) is 2. The molecule has 0 unspecified atom stereocenters. The zero-order valence-electron chi connectivity index (χ0n) is 17.3. The van der Waals surface area contributed by atoms with E-state index in [4.69, 9.17) is 0 Å². The Morgan fingerprint density at radius 1 is 1.32 bits per heavy atom. The van der Waals surface area contributed by atoms with Crippen LogP contribution in [-0.4, -0.2) is 40.8 Å². The molecule has 0 amide bonds. The molecular weight excluding hydrogens is 356 g/mol. The van der Waals surface area contributed by atoms with Crippen LogP contribution in [0.25, 0.3) is 0 Å². The highest BCUT2D eigenvalue weighted by Crippen LogP contribution is 2.34. The molecule has 4 atom stereocenters. The lowest BCUT2D eigenvalue weighted by Gasteiger charge is -2.23. The predicted octanol–water partition coefficient (Wildman–Crippen LogP) is 3.67. The Morgan fingerprint density at radius 3 is 2.64 bits per heavy atom. The van der Waals surface area contributed by atoms with Crippen LogP contribution in [0.4, 0.5) is 0 Å². The van der Waals surface area contributed by atoms with Crippen molar-refractivity contribution in [1.82, 2.24) is 0 Å². The fourth-order valence-corrected chi connectivity index (χ4v) is 3.38. The Balaban J connectivity index is 2.60. The predicted molar refractivity (Wildman–Crippen MR) is 111 cm³/mol. The third-order valence-electron chi connectivity index (χ3n) is 5.38. The topological polar surface area (TPSA) is 83.8 Å². The number of ether oxygens (including phenoxy) is 1. The second kappa shape index (κ2) is 11.8. The molecule has 0 radical (unpaired) electrons. The number of aliphatic hydroxyl groups is 2. The third kappa shape index (κ3) is 7.56. The van der Waals surface area contributed by atoms with Gasteiger partial charge in [0.1, 0.15) is 5.78 Å². The normalized spacial score (nSPS) is 25.4. The number of carbonyl (C=O) groups excluding carboxylic acids is 2. The van der Waals surface area contributed by atoms with Crippen molar-refractivity contribution in [3.63, 3.8) is 0 Å². The van der Waals surface area contributed by atoms with E-state index in [0.29, 0.717) is 32.1 Å². The Morgan fingerprint density at radius 2 is 2.00 bits per heavy atom. The van der Waals surface area contributed by atoms with Crippen molar-refractivity contribution in [3.05, 3.63) is 48.6 Å². The summed E-state index contributed by atoms with van der Waals surface area (Å²) in [6.45, 7) is 7.22. The molecule has 1 rings (SSSR count). The molecule has 0 saturated heterocycles. The van der Waals surface area contributed by atoms with Crippen LogP contribution < -0.4 is 0 Å². The summed E-state index contributed by atoms with van der Waals surface area (Å²) >= 11 is 0. The van der Waals surface area contributed by atoms with E-state index in [1.165, 1.54) is 7.11 Å². The second-order valence-electron chi connectivity index (χ2n) is 7.58. The molecule has 0 heterocycles. The molecule has 1 aliphatic carbocycles. The standard InChI is InChI=1S/C23H34O5/c1-5-11-17(2)23(3,27)15-10-13-19-18(20(24)16-21(19)25)12-8-6-7-9-14-22(26)28-4/h5-7,10-11,13,18-19,21,25,27H,1,8-9,12,14-16H2,2-4H3/b7-6-,13-10+,17-11+/t18-,19-,21-,23-/m1/s1. The quantitative estimate of drug-likeness (QED) is 0.319. The van der Waals surface area contributed by atoms with Gasteiger partial charge in [-0.3, -0.25) is 9.59 Å². The molecule has 0 spiro atoms. The first-order valence-electron chi connectivity index (χ1n) is 9.84. The van der Waals surface area contributed by atoms with Crippen molar-refractivity contribution in [1.29, 1.82) is 0 Å². The molecule has 1 fully saturated rings. The molecule has 1 saturated carbocycles. The molecule has 0 aromatic heterocycles. The summed E-state index contributed by atoms with van der Waals surface area (Å²) in [5.74, 6) is -0.598. The first kappa shape index (κ1) is 24.1. The molecule has 1 aliphatic rings. The Hall–Kier alpha value is -1.98. The van der Waals surface area contributed by atoms with Gasteiger partial charge in [0, 0.05) is 24.7 Å². The fourth-order valence-electron chi connectivity index (χ4n) is 3.38. The average Bonchev–Trinajstić information content (AvgIpc) is 2.91. The number of carbonyl (C=O) groups is 2. The van der Waals surface area contributed by atoms with Gasteiger partial charge in [-0.05, 0) is 45.1 Å². The van der Waals surface area contributed by atoms with E-state index in [-0.39, 0.29) is 30.0 Å². The lowest BCUT2D eigenvalue weighted by Crippen LogP contribution is -2.25. The minimum absolute atomic E-state index is 0.0830. The van der Waals surface area contributed by atoms with E-state index in [2.05, 4.69) is 11.3 Å². The number of aliphatic hydroxyl groups excluding tert-OH is 1. The van der Waals surface area contributed by atoms with E-state index in [1.54, 1.807) is 19.1 Å². The van der Waals surface area contributed by atoms with Crippen molar-refractivity contribution < 1.29 is 24.5 Å². The molecule has 0 aromatic carbocycles. The van der Waals surface area contributed by atoms with Crippen LogP contribution in [0.2, 0.25) is 0 Å². The lowest BCUT2D eigenvalue weighted by molar-refractivity contribution is -0.140. The maximum Gasteiger partial charge on any atom is 0.305 e. The molecule has 0 aromatic rings. The van der Waals surface area contributed by atoms with Gasteiger partial charge in [0.05, 0.1) is 18.8 Å². The average molecular weight is 391 g/mol. The minimum atomic E-state index is -0.990. The molecule has 0 aliphatic heterocycles. The number of ketones is 1. The SMILES string of the molecule is C=C/C=C(\C)[C@](C)(O)C/C=C/[C@H]1[C@H](O)CC(=O)[C@@H]1CC/C=C\CCC(=O)OC. The Kier molecular flexibility index (Phi) is 10.1. The van der Waals surface area contributed by atoms with Crippen LogP contribution >= 0.6 is 0 Å². The van der Waals surface area contributed by atoms with Gasteiger partial charge in [0.2, 0.25) is 0 Å². The first-order chi connectivity index (χ1) is 13.2. The van der Waals surface area contributed by atoms with Gasteiger partial charge in [-0.25, -0.2) is 0 Å². The molecule has 156 valence electrons. The zero-order valence-corrected chi connectivity index (χ0v) is 17.3. The highest BCUT2D eigenvalue weighted by atomic mass is 16.5. The number of esters is 1. The summed E-state index contributed by atoms with van der Waals surface area (Å²) in [5, 5.41) is 20.8. The summed E-state index contributed by atoms with van der Waals surface area (Å²) in [5.41, 5.74) is -0.181. The van der Waals surface area contributed by atoms with Crippen LogP contribution in [-0.2, 0) is 14.3 Å². The Bertz CT molecular complexity index is 627. The van der Waals surface area contributed by atoms with Gasteiger partial charge in [-0.1, -0.05) is 43.0 Å². The lowest BCUT2D eigenvalue weighted by atomic mass is 9.87.